The highest BCUT2D eigenvalue weighted by molar-refractivity contribution is 7.73. The van der Waals surface area contributed by atoms with Crippen molar-refractivity contribution in [1.29, 1.82) is 0 Å². The van der Waals surface area contributed by atoms with E-state index in [4.69, 9.17) is 27.4 Å². The van der Waals surface area contributed by atoms with Gasteiger partial charge in [0.2, 0.25) is 6.79 Å². The van der Waals surface area contributed by atoms with Crippen LogP contribution in [0.4, 0.5) is 5.82 Å². The molecule has 0 unspecified atom stereocenters. The summed E-state index contributed by atoms with van der Waals surface area (Å²) in [4.78, 5) is 13.0. The number of ether oxygens (including phenoxy) is 2. The maximum atomic E-state index is 12.6. The first-order chi connectivity index (χ1) is 13.1. The van der Waals surface area contributed by atoms with E-state index >= 15 is 0 Å². The molecule has 0 radical (unpaired) electrons. The molecule has 0 fully saturated rings. The number of nitrogens with one attached hydrogen (secondary N) is 1. The van der Waals surface area contributed by atoms with Crippen LogP contribution in [-0.4, -0.2) is 17.3 Å². The highest BCUT2D eigenvalue weighted by Crippen LogP contribution is 2.32. The maximum absolute atomic E-state index is 12.6. The van der Waals surface area contributed by atoms with Crippen LogP contribution in [-0.2, 0) is 13.1 Å². The molecule has 0 saturated carbocycles. The van der Waals surface area contributed by atoms with Gasteiger partial charge in [-0.15, -0.1) is 0 Å². The van der Waals surface area contributed by atoms with Gasteiger partial charge >= 0.3 is 0 Å². The Kier molecular flexibility index (Phi) is 4.83. The van der Waals surface area contributed by atoms with Crippen LogP contribution in [0.25, 0.3) is 0 Å². The molecular formula is C19H17N3O3S2. The summed E-state index contributed by atoms with van der Waals surface area (Å²) in [5, 5.41) is 2.89. The molecule has 6 nitrogen and oxygen atoms in total. The van der Waals surface area contributed by atoms with E-state index in [0.29, 0.717) is 39.2 Å². The van der Waals surface area contributed by atoms with Gasteiger partial charge in [-0.05, 0) is 35.5 Å². The predicted octanol–water partition coefficient (Wildman–Crippen LogP) is 3.57. The summed E-state index contributed by atoms with van der Waals surface area (Å²) in [7, 11) is 0. The second-order valence-corrected chi connectivity index (χ2v) is 7.67. The zero-order valence-electron chi connectivity index (χ0n) is 14.3. The summed E-state index contributed by atoms with van der Waals surface area (Å²) < 4.78 is 13.0. The van der Waals surface area contributed by atoms with Gasteiger partial charge in [0.25, 0.3) is 5.91 Å². The molecule has 0 bridgehead atoms. The summed E-state index contributed by atoms with van der Waals surface area (Å²) in [5.41, 5.74) is 8.19. The van der Waals surface area contributed by atoms with Crippen LogP contribution in [0.3, 0.4) is 0 Å². The molecule has 0 aliphatic carbocycles. The van der Waals surface area contributed by atoms with E-state index in [0.717, 1.165) is 11.1 Å². The minimum atomic E-state index is -0.243. The van der Waals surface area contributed by atoms with Crippen molar-refractivity contribution >= 4 is 35.3 Å². The van der Waals surface area contributed by atoms with Crippen molar-refractivity contribution in [1.82, 2.24) is 9.88 Å². The van der Waals surface area contributed by atoms with E-state index in [-0.39, 0.29) is 12.7 Å². The lowest BCUT2D eigenvalue weighted by atomic mass is 10.2. The summed E-state index contributed by atoms with van der Waals surface area (Å²) in [6.07, 6.45) is 0. The Bertz CT molecular complexity index is 1040. The van der Waals surface area contributed by atoms with Gasteiger partial charge in [-0.25, -0.2) is 0 Å². The number of aromatic nitrogens is 1. The van der Waals surface area contributed by atoms with Crippen LogP contribution in [0.15, 0.2) is 48.5 Å². The van der Waals surface area contributed by atoms with Gasteiger partial charge in [-0.2, -0.15) is 0 Å². The Balaban J connectivity index is 1.47. The SMILES string of the molecule is Nc1c(C(=O)NCc2ccc3c(c2)OCO3)sc(=S)n1Cc1ccccc1. The second-order valence-electron chi connectivity index (χ2n) is 6.02. The lowest BCUT2D eigenvalue weighted by molar-refractivity contribution is 0.0955. The molecule has 2 aromatic carbocycles. The fraction of sp³-hybridized carbons (Fsp3) is 0.158. The van der Waals surface area contributed by atoms with Crippen molar-refractivity contribution in [3.05, 3.63) is 68.5 Å². The van der Waals surface area contributed by atoms with Crippen LogP contribution < -0.4 is 20.5 Å². The standard InChI is InChI=1S/C19H17N3O3S2/c20-17-16(27-19(26)22(17)10-12-4-2-1-3-5-12)18(23)21-9-13-6-7-14-15(8-13)25-11-24-14/h1-8H,9-11,20H2,(H,21,23). The number of hydrogen-bond donors (Lipinski definition) is 2. The molecule has 27 heavy (non-hydrogen) atoms. The molecule has 0 atom stereocenters. The van der Waals surface area contributed by atoms with Crippen molar-refractivity contribution < 1.29 is 14.3 Å². The molecule has 1 aromatic heterocycles. The molecule has 3 N–H and O–H groups in total. The average molecular weight is 399 g/mol. The molecule has 1 amide bonds. The van der Waals surface area contributed by atoms with E-state index in [9.17, 15) is 4.79 Å². The lowest BCUT2D eigenvalue weighted by Crippen LogP contribution is -2.23. The molecular weight excluding hydrogens is 382 g/mol. The molecule has 8 heteroatoms. The molecule has 2 heterocycles. The van der Waals surface area contributed by atoms with Crippen molar-refractivity contribution in [2.75, 3.05) is 12.5 Å². The third kappa shape index (κ3) is 3.67. The average Bonchev–Trinajstić information content (AvgIpc) is 3.26. The van der Waals surface area contributed by atoms with Crippen LogP contribution in [0.5, 0.6) is 11.5 Å². The minimum absolute atomic E-state index is 0.222. The largest absolute Gasteiger partial charge is 0.454 e. The minimum Gasteiger partial charge on any atom is -0.454 e. The Labute approximate surface area is 165 Å². The summed E-state index contributed by atoms with van der Waals surface area (Å²) in [6, 6.07) is 15.4. The Morgan fingerprint density at radius 2 is 1.93 bits per heavy atom. The van der Waals surface area contributed by atoms with Gasteiger partial charge in [0.15, 0.2) is 15.5 Å². The number of hydrogen-bond acceptors (Lipinski definition) is 6. The first-order valence-corrected chi connectivity index (χ1v) is 9.54. The van der Waals surface area contributed by atoms with Gasteiger partial charge in [0, 0.05) is 6.54 Å². The number of benzene rings is 2. The number of thiazole rings is 1. The fourth-order valence-corrected chi connectivity index (χ4v) is 4.05. The Morgan fingerprint density at radius 1 is 1.15 bits per heavy atom. The smallest absolute Gasteiger partial charge is 0.265 e. The normalized spacial score (nSPS) is 12.1. The van der Waals surface area contributed by atoms with Crippen LogP contribution in [0.1, 0.15) is 20.8 Å². The third-order valence-electron chi connectivity index (χ3n) is 4.21. The molecule has 0 spiro atoms. The third-order valence-corrected chi connectivity index (χ3v) is 5.68. The predicted molar refractivity (Wildman–Crippen MR) is 107 cm³/mol. The molecule has 3 aromatic rings. The van der Waals surface area contributed by atoms with Crippen LogP contribution in [0, 0.1) is 3.95 Å². The van der Waals surface area contributed by atoms with Crippen molar-refractivity contribution in [3.63, 3.8) is 0 Å². The van der Waals surface area contributed by atoms with Crippen molar-refractivity contribution in [3.8, 4) is 11.5 Å². The van der Waals surface area contributed by atoms with Gasteiger partial charge in [-0.1, -0.05) is 47.7 Å². The molecule has 1 aliphatic rings. The van der Waals surface area contributed by atoms with Crippen molar-refractivity contribution in [2.24, 2.45) is 0 Å². The first kappa shape index (κ1) is 17.6. The monoisotopic (exact) mass is 399 g/mol. The van der Waals surface area contributed by atoms with E-state index in [2.05, 4.69) is 5.32 Å². The van der Waals surface area contributed by atoms with Crippen LogP contribution in [0.2, 0.25) is 0 Å². The Morgan fingerprint density at radius 3 is 2.74 bits per heavy atom. The fourth-order valence-electron chi connectivity index (χ4n) is 2.81. The number of nitrogen functional groups attached to an aromatic ring is 1. The molecule has 138 valence electrons. The second kappa shape index (κ2) is 7.42. The van der Waals surface area contributed by atoms with Gasteiger partial charge < -0.3 is 25.1 Å². The lowest BCUT2D eigenvalue weighted by Gasteiger charge is -2.08. The maximum Gasteiger partial charge on any atom is 0.265 e. The van der Waals surface area contributed by atoms with Gasteiger partial charge in [-0.3, -0.25) is 4.79 Å². The van der Waals surface area contributed by atoms with Crippen molar-refractivity contribution in [2.45, 2.75) is 13.1 Å². The number of fused-ring (bicyclic) bond motifs is 1. The zero-order chi connectivity index (χ0) is 18.8. The van der Waals surface area contributed by atoms with E-state index in [1.54, 1.807) is 4.57 Å². The van der Waals surface area contributed by atoms with Gasteiger partial charge in [0.05, 0.1) is 6.54 Å². The zero-order valence-corrected chi connectivity index (χ0v) is 15.9. The number of amides is 1. The summed E-state index contributed by atoms with van der Waals surface area (Å²) in [6.45, 7) is 1.12. The first-order valence-electron chi connectivity index (χ1n) is 8.31. The number of carbonyl (C=O) groups is 1. The highest BCUT2D eigenvalue weighted by Gasteiger charge is 2.18. The van der Waals surface area contributed by atoms with E-state index in [1.807, 2.05) is 48.5 Å². The number of nitrogens with two attached hydrogens (primary N) is 1. The topological polar surface area (TPSA) is 78.5 Å². The summed E-state index contributed by atoms with van der Waals surface area (Å²) in [5.74, 6) is 1.54. The number of nitrogens with zero attached hydrogens (tertiary/aromatic N) is 1. The van der Waals surface area contributed by atoms with E-state index < -0.39 is 0 Å². The quantitative estimate of drug-likeness (QED) is 0.642. The molecule has 0 saturated heterocycles. The summed E-state index contributed by atoms with van der Waals surface area (Å²) >= 11 is 6.62. The van der Waals surface area contributed by atoms with E-state index in [1.165, 1.54) is 11.3 Å². The highest BCUT2D eigenvalue weighted by atomic mass is 32.1. The van der Waals surface area contributed by atoms with Crippen LogP contribution >= 0.6 is 23.6 Å². The molecule has 1 aliphatic heterocycles. The number of rotatable bonds is 5. The number of carbonyl (C=O) groups excluding carboxylic acids is 1. The van der Waals surface area contributed by atoms with Gasteiger partial charge in [0.1, 0.15) is 10.7 Å². The number of anilines is 1. The molecule has 4 rings (SSSR count). The Hall–Kier alpha value is -2.84.